The third-order valence-corrected chi connectivity index (χ3v) is 2.58. The summed E-state index contributed by atoms with van der Waals surface area (Å²) in [5, 5.41) is 11.7. The van der Waals surface area contributed by atoms with Crippen LogP contribution in [0, 0.1) is 13.8 Å². The largest absolute Gasteiger partial charge is 0.466 e. The van der Waals surface area contributed by atoms with Crippen LogP contribution < -0.4 is 5.32 Å². The molecule has 0 aliphatic heterocycles. The number of carbonyl (C=O) groups excluding carboxylic acids is 1. The number of furan rings is 1. The molecule has 0 saturated carbocycles. The molecule has 5 nitrogen and oxygen atoms in total. The van der Waals surface area contributed by atoms with Gasteiger partial charge in [0.15, 0.2) is 0 Å². The van der Waals surface area contributed by atoms with Crippen molar-refractivity contribution in [2.24, 2.45) is 0 Å². The molecule has 2 amide bonds. The molecule has 0 aromatic carbocycles. The molecule has 100 valence electrons. The molecule has 1 rings (SSSR count). The molecule has 1 aromatic heterocycles. The number of hydrogen-bond acceptors (Lipinski definition) is 3. The topological polar surface area (TPSA) is 65.7 Å². The van der Waals surface area contributed by atoms with Crippen LogP contribution in [0.3, 0.4) is 0 Å². The molecule has 5 heteroatoms. The summed E-state index contributed by atoms with van der Waals surface area (Å²) in [5.74, 6) is 1.64. The van der Waals surface area contributed by atoms with Crippen LogP contribution in [0.5, 0.6) is 0 Å². The molecule has 0 aliphatic rings. The second-order valence-electron chi connectivity index (χ2n) is 4.06. The minimum atomic E-state index is -0.220. The van der Waals surface area contributed by atoms with Crippen molar-refractivity contribution in [2.75, 3.05) is 19.7 Å². The summed E-state index contributed by atoms with van der Waals surface area (Å²) < 4.78 is 5.38. The van der Waals surface area contributed by atoms with E-state index in [0.717, 1.165) is 17.1 Å². The lowest BCUT2D eigenvalue weighted by Crippen LogP contribution is -2.41. The average Bonchev–Trinajstić information content (AvgIpc) is 2.64. The molecule has 0 aliphatic carbocycles. The Hall–Kier alpha value is -1.75. The van der Waals surface area contributed by atoms with Gasteiger partial charge in [0.2, 0.25) is 0 Å². The molecule has 0 spiro atoms. The second kappa shape index (κ2) is 6.86. The highest BCUT2D eigenvalue weighted by Gasteiger charge is 2.12. The minimum absolute atomic E-state index is 0.0644. The van der Waals surface area contributed by atoms with Gasteiger partial charge in [-0.15, -0.1) is 6.58 Å². The minimum Gasteiger partial charge on any atom is -0.466 e. The summed E-state index contributed by atoms with van der Waals surface area (Å²) in [6, 6.07) is 1.68. The van der Waals surface area contributed by atoms with Crippen LogP contribution >= 0.6 is 0 Å². The molecule has 18 heavy (non-hydrogen) atoms. The maximum Gasteiger partial charge on any atom is 0.318 e. The van der Waals surface area contributed by atoms with E-state index in [9.17, 15) is 4.79 Å². The first kappa shape index (κ1) is 14.3. The molecule has 0 radical (unpaired) electrons. The second-order valence-corrected chi connectivity index (χ2v) is 4.06. The van der Waals surface area contributed by atoms with E-state index >= 15 is 0 Å². The van der Waals surface area contributed by atoms with Crippen LogP contribution in [-0.4, -0.2) is 35.7 Å². The quantitative estimate of drug-likeness (QED) is 0.755. The van der Waals surface area contributed by atoms with Crippen LogP contribution in [0.25, 0.3) is 0 Å². The van der Waals surface area contributed by atoms with Gasteiger partial charge in [-0.3, -0.25) is 0 Å². The SMILES string of the molecule is C=CCN(CCO)C(=O)NCc1cc(C)oc1C. The number of nitrogens with one attached hydrogen (secondary N) is 1. The molecular formula is C13H20N2O3. The Morgan fingerprint density at radius 2 is 2.33 bits per heavy atom. The van der Waals surface area contributed by atoms with Crippen molar-refractivity contribution in [1.29, 1.82) is 0 Å². The lowest BCUT2D eigenvalue weighted by Gasteiger charge is -2.20. The van der Waals surface area contributed by atoms with Crippen LogP contribution in [0.1, 0.15) is 17.1 Å². The van der Waals surface area contributed by atoms with Gasteiger partial charge in [-0.1, -0.05) is 6.08 Å². The zero-order chi connectivity index (χ0) is 13.5. The zero-order valence-corrected chi connectivity index (χ0v) is 10.9. The first-order valence-corrected chi connectivity index (χ1v) is 5.89. The van der Waals surface area contributed by atoms with Crippen molar-refractivity contribution in [3.8, 4) is 0 Å². The van der Waals surface area contributed by atoms with Crippen molar-refractivity contribution in [3.63, 3.8) is 0 Å². The van der Waals surface area contributed by atoms with E-state index in [-0.39, 0.29) is 12.6 Å². The first-order valence-electron chi connectivity index (χ1n) is 5.89. The van der Waals surface area contributed by atoms with E-state index < -0.39 is 0 Å². The molecule has 0 unspecified atom stereocenters. The van der Waals surface area contributed by atoms with Gasteiger partial charge in [-0.25, -0.2) is 4.79 Å². The van der Waals surface area contributed by atoms with E-state index in [1.54, 1.807) is 6.08 Å². The number of aliphatic hydroxyl groups excluding tert-OH is 1. The van der Waals surface area contributed by atoms with Crippen molar-refractivity contribution in [1.82, 2.24) is 10.2 Å². The highest BCUT2D eigenvalue weighted by Crippen LogP contribution is 2.13. The molecular weight excluding hydrogens is 232 g/mol. The number of amides is 2. The highest BCUT2D eigenvalue weighted by atomic mass is 16.3. The van der Waals surface area contributed by atoms with Crippen LogP contribution in [0.4, 0.5) is 4.79 Å². The van der Waals surface area contributed by atoms with Crippen molar-refractivity contribution in [2.45, 2.75) is 20.4 Å². The molecule has 1 heterocycles. The summed E-state index contributed by atoms with van der Waals surface area (Å²) in [4.78, 5) is 13.3. The molecule has 0 saturated heterocycles. The summed E-state index contributed by atoms with van der Waals surface area (Å²) in [6.45, 7) is 8.38. The number of rotatable bonds is 6. The molecule has 0 atom stereocenters. The zero-order valence-electron chi connectivity index (χ0n) is 10.9. The predicted molar refractivity (Wildman–Crippen MR) is 69.3 cm³/mol. The van der Waals surface area contributed by atoms with Crippen LogP contribution in [-0.2, 0) is 6.54 Å². The van der Waals surface area contributed by atoms with Gasteiger partial charge in [-0.2, -0.15) is 0 Å². The lowest BCUT2D eigenvalue weighted by molar-refractivity contribution is 0.183. The van der Waals surface area contributed by atoms with E-state index in [1.165, 1.54) is 4.90 Å². The Kier molecular flexibility index (Phi) is 5.45. The molecule has 0 bridgehead atoms. The Balaban J connectivity index is 2.53. The highest BCUT2D eigenvalue weighted by molar-refractivity contribution is 5.74. The van der Waals surface area contributed by atoms with Gasteiger partial charge < -0.3 is 19.7 Å². The van der Waals surface area contributed by atoms with Gasteiger partial charge in [0.05, 0.1) is 6.61 Å². The van der Waals surface area contributed by atoms with Gasteiger partial charge in [0.1, 0.15) is 11.5 Å². The fourth-order valence-corrected chi connectivity index (χ4v) is 1.69. The Bertz CT molecular complexity index is 412. The maximum absolute atomic E-state index is 11.8. The summed E-state index contributed by atoms with van der Waals surface area (Å²) in [7, 11) is 0. The standard InChI is InChI=1S/C13H20N2O3/c1-4-5-15(6-7-16)13(17)14-9-12-8-10(2)18-11(12)3/h4,8,16H,1,5-7,9H2,2-3H3,(H,14,17). The van der Waals surface area contributed by atoms with Crippen LogP contribution in [0.2, 0.25) is 0 Å². The summed E-state index contributed by atoms with van der Waals surface area (Å²) in [6.07, 6.45) is 1.63. The van der Waals surface area contributed by atoms with Crippen molar-refractivity contribution < 1.29 is 14.3 Å². The van der Waals surface area contributed by atoms with E-state index in [1.807, 2.05) is 19.9 Å². The van der Waals surface area contributed by atoms with Gasteiger partial charge in [0.25, 0.3) is 0 Å². The number of aliphatic hydroxyl groups is 1. The molecule has 1 aromatic rings. The lowest BCUT2D eigenvalue weighted by atomic mass is 10.2. The molecule has 2 N–H and O–H groups in total. The average molecular weight is 252 g/mol. The molecule has 0 fully saturated rings. The maximum atomic E-state index is 11.8. The number of carbonyl (C=O) groups is 1. The third kappa shape index (κ3) is 3.92. The number of nitrogens with zero attached hydrogens (tertiary/aromatic N) is 1. The smallest absolute Gasteiger partial charge is 0.318 e. The van der Waals surface area contributed by atoms with Gasteiger partial charge >= 0.3 is 6.03 Å². The summed E-state index contributed by atoms with van der Waals surface area (Å²) >= 11 is 0. The van der Waals surface area contributed by atoms with Crippen molar-refractivity contribution >= 4 is 6.03 Å². The summed E-state index contributed by atoms with van der Waals surface area (Å²) in [5.41, 5.74) is 0.961. The third-order valence-electron chi connectivity index (χ3n) is 2.58. The van der Waals surface area contributed by atoms with Gasteiger partial charge in [0, 0.05) is 25.2 Å². The van der Waals surface area contributed by atoms with Crippen LogP contribution in [0.15, 0.2) is 23.1 Å². The Morgan fingerprint density at radius 1 is 1.61 bits per heavy atom. The number of hydrogen-bond donors (Lipinski definition) is 2. The Labute approximate surface area is 107 Å². The normalized spacial score (nSPS) is 10.2. The van der Waals surface area contributed by atoms with Gasteiger partial charge in [-0.05, 0) is 19.9 Å². The van der Waals surface area contributed by atoms with E-state index in [0.29, 0.717) is 19.6 Å². The fraction of sp³-hybridized carbons (Fsp3) is 0.462. The fourth-order valence-electron chi connectivity index (χ4n) is 1.69. The number of urea groups is 1. The van der Waals surface area contributed by atoms with E-state index in [2.05, 4.69) is 11.9 Å². The van der Waals surface area contributed by atoms with E-state index in [4.69, 9.17) is 9.52 Å². The van der Waals surface area contributed by atoms with Crippen molar-refractivity contribution in [3.05, 3.63) is 35.8 Å². The number of aryl methyl sites for hydroxylation is 2. The Morgan fingerprint density at radius 3 is 2.83 bits per heavy atom. The first-order chi connectivity index (χ1) is 8.58. The monoisotopic (exact) mass is 252 g/mol. The predicted octanol–water partition coefficient (Wildman–Crippen LogP) is 1.59.